The molecule has 0 bridgehead atoms. The van der Waals surface area contributed by atoms with Gasteiger partial charge in [-0.3, -0.25) is 14.7 Å². The molecule has 8 heteroatoms. The topological polar surface area (TPSA) is 93.1 Å². The number of fused-ring (bicyclic) bond motifs is 1. The van der Waals surface area contributed by atoms with Crippen LogP contribution in [0.4, 0.5) is 0 Å². The van der Waals surface area contributed by atoms with Gasteiger partial charge in [-0.25, -0.2) is 4.98 Å². The van der Waals surface area contributed by atoms with E-state index in [0.717, 1.165) is 18.7 Å². The minimum atomic E-state index is -0.164. The Hall–Kier alpha value is -2.48. The van der Waals surface area contributed by atoms with Gasteiger partial charge in [-0.1, -0.05) is 6.07 Å². The predicted molar refractivity (Wildman–Crippen MR) is 88.7 cm³/mol. The van der Waals surface area contributed by atoms with Crippen molar-refractivity contribution in [1.82, 2.24) is 24.6 Å². The standard InChI is InChI=1S/C17H21N5O3/c1-11-18-17(20-19-11)13-8-12-5-7-22(9-14(12)25-13)16(24)10-21-6-3-2-4-15(21)23/h2-4,6,12-14H,5,7-10H2,1H3,(H,18,19,20)/t12?,13-,14-/m1/s1. The number of nitrogens with one attached hydrogen (secondary N) is 1. The van der Waals surface area contributed by atoms with Gasteiger partial charge in [0.15, 0.2) is 5.82 Å². The number of aromatic amines is 1. The van der Waals surface area contributed by atoms with Crippen molar-refractivity contribution in [3.63, 3.8) is 0 Å². The molecule has 0 saturated carbocycles. The average Bonchev–Trinajstić information content (AvgIpc) is 3.22. The highest BCUT2D eigenvalue weighted by molar-refractivity contribution is 5.76. The molecule has 3 atom stereocenters. The van der Waals surface area contributed by atoms with Crippen molar-refractivity contribution in [2.75, 3.05) is 13.1 Å². The van der Waals surface area contributed by atoms with E-state index in [0.29, 0.717) is 24.8 Å². The van der Waals surface area contributed by atoms with Crippen molar-refractivity contribution in [3.05, 3.63) is 46.4 Å². The van der Waals surface area contributed by atoms with Crippen molar-refractivity contribution in [2.45, 2.75) is 38.5 Å². The molecule has 2 aliphatic heterocycles. The Bertz CT molecular complexity index is 829. The van der Waals surface area contributed by atoms with E-state index in [1.54, 1.807) is 23.2 Å². The molecular formula is C17H21N5O3. The highest BCUT2D eigenvalue weighted by Crippen LogP contribution is 2.39. The van der Waals surface area contributed by atoms with Crippen molar-refractivity contribution in [1.29, 1.82) is 0 Å². The number of likely N-dealkylation sites (tertiary alicyclic amines) is 1. The molecule has 4 rings (SSSR count). The summed E-state index contributed by atoms with van der Waals surface area (Å²) >= 11 is 0. The van der Waals surface area contributed by atoms with Gasteiger partial charge in [0.2, 0.25) is 5.91 Å². The van der Waals surface area contributed by atoms with Gasteiger partial charge in [-0.15, -0.1) is 0 Å². The number of hydrogen-bond acceptors (Lipinski definition) is 5. The Morgan fingerprint density at radius 3 is 3.08 bits per heavy atom. The normalized spacial score (nSPS) is 25.8. The lowest BCUT2D eigenvalue weighted by Crippen LogP contribution is -2.47. The van der Waals surface area contributed by atoms with Gasteiger partial charge in [-0.05, 0) is 31.7 Å². The smallest absolute Gasteiger partial charge is 0.250 e. The predicted octanol–water partition coefficient (Wildman–Crippen LogP) is 0.654. The van der Waals surface area contributed by atoms with Gasteiger partial charge in [-0.2, -0.15) is 5.10 Å². The summed E-state index contributed by atoms with van der Waals surface area (Å²) < 4.78 is 7.55. The van der Waals surface area contributed by atoms with Crippen LogP contribution in [0.25, 0.3) is 0 Å². The van der Waals surface area contributed by atoms with Crippen LogP contribution in [0.3, 0.4) is 0 Å². The summed E-state index contributed by atoms with van der Waals surface area (Å²) in [5.74, 6) is 1.85. The number of carbonyl (C=O) groups excluding carboxylic acids is 1. The first-order valence-electron chi connectivity index (χ1n) is 8.58. The van der Waals surface area contributed by atoms with E-state index in [2.05, 4.69) is 15.2 Å². The molecule has 132 valence electrons. The van der Waals surface area contributed by atoms with Crippen LogP contribution in [0.5, 0.6) is 0 Å². The van der Waals surface area contributed by atoms with Gasteiger partial charge in [0.25, 0.3) is 5.56 Å². The second kappa shape index (κ2) is 6.44. The van der Waals surface area contributed by atoms with E-state index in [9.17, 15) is 9.59 Å². The van der Waals surface area contributed by atoms with Gasteiger partial charge in [0, 0.05) is 25.4 Å². The summed E-state index contributed by atoms with van der Waals surface area (Å²) in [6.07, 6.45) is 3.34. The molecule has 0 radical (unpaired) electrons. The van der Waals surface area contributed by atoms with Crippen molar-refractivity contribution >= 4 is 5.91 Å². The van der Waals surface area contributed by atoms with Crippen molar-refractivity contribution < 1.29 is 9.53 Å². The van der Waals surface area contributed by atoms with Crippen LogP contribution in [-0.4, -0.2) is 49.7 Å². The van der Waals surface area contributed by atoms with Gasteiger partial charge >= 0.3 is 0 Å². The largest absolute Gasteiger partial charge is 0.365 e. The monoisotopic (exact) mass is 343 g/mol. The van der Waals surface area contributed by atoms with Crippen LogP contribution in [0.1, 0.15) is 30.6 Å². The van der Waals surface area contributed by atoms with E-state index in [4.69, 9.17) is 4.74 Å². The molecule has 2 aromatic rings. The zero-order valence-corrected chi connectivity index (χ0v) is 14.1. The number of nitrogens with zero attached hydrogens (tertiary/aromatic N) is 4. The lowest BCUT2D eigenvalue weighted by molar-refractivity contribution is -0.136. The molecular weight excluding hydrogens is 322 g/mol. The van der Waals surface area contributed by atoms with Crippen LogP contribution in [-0.2, 0) is 16.1 Å². The number of H-pyrrole nitrogens is 1. The first-order chi connectivity index (χ1) is 12.1. The van der Waals surface area contributed by atoms with Crippen molar-refractivity contribution in [3.8, 4) is 0 Å². The SMILES string of the molecule is Cc1nc([C@H]2CC3CCN(C(=O)Cn4ccccc4=O)C[C@H]3O2)n[nH]1. The maximum Gasteiger partial charge on any atom is 0.250 e. The minimum absolute atomic E-state index is 0.00833. The summed E-state index contributed by atoms with van der Waals surface area (Å²) in [6.45, 7) is 3.20. The third-order valence-corrected chi connectivity index (χ3v) is 5.01. The third kappa shape index (κ3) is 3.21. The quantitative estimate of drug-likeness (QED) is 0.883. The first-order valence-corrected chi connectivity index (χ1v) is 8.58. The molecule has 1 amide bonds. The fourth-order valence-electron chi connectivity index (χ4n) is 3.66. The molecule has 8 nitrogen and oxygen atoms in total. The zero-order valence-electron chi connectivity index (χ0n) is 14.1. The summed E-state index contributed by atoms with van der Waals surface area (Å²) in [5, 5.41) is 7.04. The number of piperidine rings is 1. The summed E-state index contributed by atoms with van der Waals surface area (Å²) in [7, 11) is 0. The third-order valence-electron chi connectivity index (χ3n) is 5.01. The minimum Gasteiger partial charge on any atom is -0.365 e. The highest BCUT2D eigenvalue weighted by atomic mass is 16.5. The van der Waals surface area contributed by atoms with Gasteiger partial charge in [0.05, 0.1) is 6.10 Å². The second-order valence-corrected chi connectivity index (χ2v) is 6.73. The number of hydrogen-bond donors (Lipinski definition) is 1. The Morgan fingerprint density at radius 2 is 2.32 bits per heavy atom. The molecule has 25 heavy (non-hydrogen) atoms. The molecule has 2 aromatic heterocycles. The molecule has 1 unspecified atom stereocenters. The van der Waals surface area contributed by atoms with Crippen LogP contribution in [0.15, 0.2) is 29.2 Å². The molecule has 2 aliphatic rings. The highest BCUT2D eigenvalue weighted by Gasteiger charge is 2.41. The summed E-state index contributed by atoms with van der Waals surface area (Å²) in [5.41, 5.74) is -0.164. The number of amides is 1. The Morgan fingerprint density at radius 1 is 1.44 bits per heavy atom. The van der Waals surface area contributed by atoms with Crippen LogP contribution in [0.2, 0.25) is 0 Å². The summed E-state index contributed by atoms with van der Waals surface area (Å²) in [6, 6.07) is 4.89. The molecule has 0 spiro atoms. The average molecular weight is 343 g/mol. The number of aromatic nitrogens is 4. The fraction of sp³-hybridized carbons (Fsp3) is 0.529. The van der Waals surface area contributed by atoms with Crippen molar-refractivity contribution in [2.24, 2.45) is 5.92 Å². The number of rotatable bonds is 3. The van der Waals surface area contributed by atoms with Crippen LogP contribution < -0.4 is 5.56 Å². The van der Waals surface area contributed by atoms with Crippen LogP contribution >= 0.6 is 0 Å². The first kappa shape index (κ1) is 16.0. The van der Waals surface area contributed by atoms with E-state index in [1.807, 2.05) is 6.92 Å². The fourth-order valence-corrected chi connectivity index (χ4v) is 3.66. The molecule has 4 heterocycles. The number of aryl methyl sites for hydroxylation is 1. The lowest BCUT2D eigenvalue weighted by atomic mass is 9.91. The Labute approximate surface area is 144 Å². The molecule has 1 N–H and O–H groups in total. The van der Waals surface area contributed by atoms with Crippen LogP contribution in [0, 0.1) is 12.8 Å². The van der Waals surface area contributed by atoms with E-state index >= 15 is 0 Å². The number of ether oxygens (including phenoxy) is 1. The maximum atomic E-state index is 12.5. The summed E-state index contributed by atoms with van der Waals surface area (Å²) in [4.78, 5) is 30.5. The van der Waals surface area contributed by atoms with E-state index in [-0.39, 0.29) is 30.2 Å². The Balaban J connectivity index is 1.40. The molecule has 0 aliphatic carbocycles. The lowest BCUT2D eigenvalue weighted by Gasteiger charge is -2.34. The van der Waals surface area contributed by atoms with E-state index in [1.165, 1.54) is 10.6 Å². The maximum absolute atomic E-state index is 12.5. The molecule has 2 saturated heterocycles. The molecule has 0 aromatic carbocycles. The molecule has 2 fully saturated rings. The zero-order chi connectivity index (χ0) is 17.4. The Kier molecular flexibility index (Phi) is 4.12. The van der Waals surface area contributed by atoms with Gasteiger partial charge in [0.1, 0.15) is 18.5 Å². The van der Waals surface area contributed by atoms with Gasteiger partial charge < -0.3 is 14.2 Å². The number of carbonyl (C=O) groups is 1. The number of pyridine rings is 1. The van der Waals surface area contributed by atoms with E-state index < -0.39 is 0 Å². The second-order valence-electron chi connectivity index (χ2n) is 6.73.